The lowest BCUT2D eigenvalue weighted by molar-refractivity contribution is -0.146. The first kappa shape index (κ1) is 14.4. The zero-order valence-corrected chi connectivity index (χ0v) is 12.4. The molecule has 3 heterocycles. The van der Waals surface area contributed by atoms with Crippen LogP contribution in [0.1, 0.15) is 49.8 Å². The van der Waals surface area contributed by atoms with Gasteiger partial charge in [-0.3, -0.25) is 9.78 Å². The number of rotatable bonds is 3. The van der Waals surface area contributed by atoms with Crippen molar-refractivity contribution in [2.75, 3.05) is 0 Å². The van der Waals surface area contributed by atoms with Gasteiger partial charge >= 0.3 is 0 Å². The summed E-state index contributed by atoms with van der Waals surface area (Å²) in [6.07, 6.45) is 3.06. The van der Waals surface area contributed by atoms with E-state index >= 15 is 0 Å². The Hall–Kier alpha value is -1.52. The predicted molar refractivity (Wildman–Crippen MR) is 74.9 cm³/mol. The number of alkyl halides is 2. The van der Waals surface area contributed by atoms with Gasteiger partial charge in [-0.25, -0.2) is 8.78 Å². The highest BCUT2D eigenvalue weighted by Gasteiger charge is 2.59. The second-order valence-electron chi connectivity index (χ2n) is 6.27. The van der Waals surface area contributed by atoms with Crippen LogP contribution >= 0.6 is 0 Å². The minimum absolute atomic E-state index is 0.0445. The van der Waals surface area contributed by atoms with Gasteiger partial charge in [0.1, 0.15) is 5.41 Å². The fraction of sp³-hybridized carbons (Fsp3) is 0.625. The van der Waals surface area contributed by atoms with Gasteiger partial charge in [0, 0.05) is 18.4 Å². The lowest BCUT2D eigenvalue weighted by Gasteiger charge is -2.29. The van der Waals surface area contributed by atoms with Crippen molar-refractivity contribution in [2.24, 2.45) is 5.41 Å². The Morgan fingerprint density at radius 3 is 2.81 bits per heavy atom. The van der Waals surface area contributed by atoms with Crippen LogP contribution in [0.15, 0.2) is 18.5 Å². The molecule has 0 aromatic carbocycles. The molecule has 1 aromatic rings. The lowest BCUT2D eigenvalue weighted by atomic mass is 9.81. The number of halogens is 2. The number of hydrogen-bond acceptors (Lipinski definition) is 2. The number of aryl methyl sites for hydroxylation is 1. The molecule has 5 heteroatoms. The molecule has 114 valence electrons. The Bertz CT molecular complexity index is 563. The van der Waals surface area contributed by atoms with Crippen LogP contribution in [0.5, 0.6) is 0 Å². The van der Waals surface area contributed by atoms with Gasteiger partial charge in [0.15, 0.2) is 0 Å². The van der Waals surface area contributed by atoms with Gasteiger partial charge in [-0.1, -0.05) is 13.0 Å². The maximum absolute atomic E-state index is 13.5. The Morgan fingerprint density at radius 2 is 2.19 bits per heavy atom. The molecular weight excluding hydrogens is 274 g/mol. The molecule has 0 spiro atoms. The highest BCUT2D eigenvalue weighted by Crippen LogP contribution is 2.52. The van der Waals surface area contributed by atoms with Crippen LogP contribution < -0.4 is 0 Å². The molecule has 21 heavy (non-hydrogen) atoms. The lowest BCUT2D eigenvalue weighted by Crippen LogP contribution is -2.40. The molecule has 2 fully saturated rings. The first-order valence-electron chi connectivity index (χ1n) is 7.52. The summed E-state index contributed by atoms with van der Waals surface area (Å²) < 4.78 is 27.0. The average molecular weight is 294 g/mol. The molecular formula is C16H20F2N2O. The van der Waals surface area contributed by atoms with Crippen LogP contribution in [0.2, 0.25) is 0 Å². The minimum Gasteiger partial charge on any atom is -0.332 e. The van der Waals surface area contributed by atoms with E-state index in [9.17, 15) is 13.6 Å². The molecule has 0 aliphatic carbocycles. The van der Waals surface area contributed by atoms with Crippen molar-refractivity contribution < 1.29 is 13.6 Å². The number of carbonyl (C=O) groups is 1. The van der Waals surface area contributed by atoms with Crippen LogP contribution in [0.4, 0.5) is 8.78 Å². The fourth-order valence-electron chi connectivity index (χ4n) is 3.88. The Kier molecular flexibility index (Phi) is 3.46. The van der Waals surface area contributed by atoms with Crippen LogP contribution in [0.3, 0.4) is 0 Å². The van der Waals surface area contributed by atoms with Crippen LogP contribution in [-0.2, 0) is 4.79 Å². The Labute approximate surface area is 123 Å². The van der Waals surface area contributed by atoms with Crippen molar-refractivity contribution in [1.29, 1.82) is 0 Å². The predicted octanol–water partition coefficient (Wildman–Crippen LogP) is 3.49. The molecule has 3 rings (SSSR count). The van der Waals surface area contributed by atoms with Crippen LogP contribution in [0.25, 0.3) is 0 Å². The zero-order valence-electron chi connectivity index (χ0n) is 12.4. The summed E-state index contributed by atoms with van der Waals surface area (Å²) in [5.74, 6) is -0.367. The highest BCUT2D eigenvalue weighted by molar-refractivity contribution is 5.86. The van der Waals surface area contributed by atoms with E-state index in [1.54, 1.807) is 24.2 Å². The number of nitrogens with zero attached hydrogens (tertiary/aromatic N) is 2. The summed E-state index contributed by atoms with van der Waals surface area (Å²) in [5, 5.41) is 0. The van der Waals surface area contributed by atoms with Gasteiger partial charge in [-0.2, -0.15) is 0 Å². The number of amides is 1. The van der Waals surface area contributed by atoms with Crippen molar-refractivity contribution in [3.05, 3.63) is 29.6 Å². The van der Waals surface area contributed by atoms with E-state index in [-0.39, 0.29) is 30.8 Å². The van der Waals surface area contributed by atoms with E-state index in [1.165, 1.54) is 0 Å². The molecule has 2 aliphatic heterocycles. The number of pyridine rings is 1. The molecule has 2 saturated heterocycles. The Morgan fingerprint density at radius 1 is 1.43 bits per heavy atom. The molecule has 1 aromatic heterocycles. The number of carbonyl (C=O) groups excluding carboxylic acids is 1. The largest absolute Gasteiger partial charge is 0.332 e. The third-order valence-corrected chi connectivity index (χ3v) is 5.09. The molecule has 3 atom stereocenters. The molecule has 1 unspecified atom stereocenters. The van der Waals surface area contributed by atoms with E-state index in [1.807, 2.05) is 13.0 Å². The monoisotopic (exact) mass is 294 g/mol. The number of hydrogen-bond donors (Lipinski definition) is 0. The topological polar surface area (TPSA) is 33.2 Å². The molecule has 0 N–H and O–H groups in total. The van der Waals surface area contributed by atoms with Crippen molar-refractivity contribution in [3.63, 3.8) is 0 Å². The highest BCUT2D eigenvalue weighted by atomic mass is 19.3. The van der Waals surface area contributed by atoms with E-state index in [0.717, 1.165) is 24.0 Å². The summed E-state index contributed by atoms with van der Waals surface area (Å²) >= 11 is 0. The summed E-state index contributed by atoms with van der Waals surface area (Å²) in [7, 11) is 0. The first-order valence-corrected chi connectivity index (χ1v) is 7.52. The molecule has 0 radical (unpaired) electrons. The van der Waals surface area contributed by atoms with Crippen molar-refractivity contribution in [2.45, 2.75) is 58.0 Å². The molecule has 0 saturated carbocycles. The van der Waals surface area contributed by atoms with Crippen molar-refractivity contribution in [3.8, 4) is 0 Å². The second-order valence-corrected chi connectivity index (χ2v) is 6.27. The molecule has 3 nitrogen and oxygen atoms in total. The molecule has 0 bridgehead atoms. The third kappa shape index (κ3) is 2.05. The third-order valence-electron chi connectivity index (χ3n) is 5.09. The summed E-state index contributed by atoms with van der Waals surface area (Å²) in [4.78, 5) is 18.6. The maximum atomic E-state index is 13.5. The SMILES string of the molecule is CCC1(C(F)F)C[C@@H]2CC[C@@H](c3cncc(C)c3)N2C1=O. The van der Waals surface area contributed by atoms with E-state index in [2.05, 4.69) is 4.98 Å². The maximum Gasteiger partial charge on any atom is 0.252 e. The summed E-state index contributed by atoms with van der Waals surface area (Å²) in [6, 6.07) is 1.86. The fourth-order valence-corrected chi connectivity index (χ4v) is 3.88. The minimum atomic E-state index is -2.59. The summed E-state index contributed by atoms with van der Waals surface area (Å²) in [6.45, 7) is 3.64. The summed E-state index contributed by atoms with van der Waals surface area (Å²) in [5.41, 5.74) is 0.519. The quantitative estimate of drug-likeness (QED) is 0.855. The van der Waals surface area contributed by atoms with Gasteiger partial charge in [0.25, 0.3) is 6.43 Å². The number of fused-ring (bicyclic) bond motifs is 1. The van der Waals surface area contributed by atoms with Gasteiger partial charge < -0.3 is 4.90 Å². The van der Waals surface area contributed by atoms with Crippen LogP contribution in [-0.4, -0.2) is 28.3 Å². The van der Waals surface area contributed by atoms with Crippen LogP contribution in [0, 0.1) is 12.3 Å². The molecule has 1 amide bonds. The Balaban J connectivity index is 1.94. The van der Waals surface area contributed by atoms with Gasteiger partial charge in [-0.05, 0) is 43.7 Å². The van der Waals surface area contributed by atoms with E-state index < -0.39 is 11.8 Å². The smallest absolute Gasteiger partial charge is 0.252 e. The zero-order chi connectivity index (χ0) is 15.2. The van der Waals surface area contributed by atoms with E-state index in [4.69, 9.17) is 0 Å². The van der Waals surface area contributed by atoms with Gasteiger partial charge in [-0.15, -0.1) is 0 Å². The van der Waals surface area contributed by atoms with Gasteiger partial charge in [0.05, 0.1) is 6.04 Å². The van der Waals surface area contributed by atoms with Crippen molar-refractivity contribution in [1.82, 2.24) is 9.88 Å². The average Bonchev–Trinajstić information content (AvgIpc) is 2.98. The first-order chi connectivity index (χ1) is 9.99. The second kappa shape index (κ2) is 5.04. The standard InChI is InChI=1S/C16H20F2N2O/c1-3-16(14(17)18)7-12-4-5-13(20(12)15(16)21)11-6-10(2)8-19-9-11/h6,8-9,12-14H,3-5,7H2,1-2H3/t12-,13-,16?/m0/s1. The van der Waals surface area contributed by atoms with E-state index in [0.29, 0.717) is 0 Å². The van der Waals surface area contributed by atoms with Gasteiger partial charge in [0.2, 0.25) is 5.91 Å². The number of aromatic nitrogens is 1. The normalized spacial score (nSPS) is 32.0. The molecule has 2 aliphatic rings. The van der Waals surface area contributed by atoms with Crippen molar-refractivity contribution >= 4 is 5.91 Å².